The van der Waals surface area contributed by atoms with Gasteiger partial charge in [0.05, 0.1) is 7.11 Å². The minimum Gasteiger partial charge on any atom is -0.279 e. The lowest BCUT2D eigenvalue weighted by atomic mass is 10.2. The zero-order valence-corrected chi connectivity index (χ0v) is 12.1. The number of benzene rings is 1. The number of rotatable bonds is 5. The third-order valence-corrected chi connectivity index (χ3v) is 5.13. The van der Waals surface area contributed by atoms with Gasteiger partial charge in [-0.05, 0) is 35.7 Å². The normalized spacial score (nSPS) is 11.1. The highest BCUT2D eigenvalue weighted by atomic mass is 32.2. The van der Waals surface area contributed by atoms with Gasteiger partial charge in [-0.3, -0.25) is 14.4 Å². The van der Waals surface area contributed by atoms with Crippen LogP contribution >= 0.6 is 11.3 Å². The molecule has 0 atom stereocenters. The maximum Gasteiger partial charge on any atom is 0.274 e. The lowest BCUT2D eigenvalue weighted by Crippen LogP contribution is -2.21. The molecular formula is C12H12N2O4S2. The molecule has 8 heteroatoms. The number of carbonyl (C=O) groups excluding carboxylic acids is 1. The molecule has 0 unspecified atom stereocenters. The van der Waals surface area contributed by atoms with E-state index in [4.69, 9.17) is 0 Å². The molecule has 1 aromatic carbocycles. The van der Waals surface area contributed by atoms with Crippen molar-refractivity contribution in [1.82, 2.24) is 5.48 Å². The van der Waals surface area contributed by atoms with Crippen molar-refractivity contribution in [3.8, 4) is 0 Å². The zero-order chi connectivity index (χ0) is 14.6. The van der Waals surface area contributed by atoms with Gasteiger partial charge in [0, 0.05) is 11.3 Å². The fourth-order valence-corrected chi connectivity index (χ4v) is 3.51. The summed E-state index contributed by atoms with van der Waals surface area (Å²) in [6.07, 6.45) is 0. The molecule has 1 heterocycles. The van der Waals surface area contributed by atoms with Crippen LogP contribution in [0.15, 0.2) is 46.0 Å². The number of hydroxylamine groups is 1. The zero-order valence-electron chi connectivity index (χ0n) is 10.5. The fourth-order valence-electron chi connectivity index (χ4n) is 1.46. The third kappa shape index (κ3) is 3.35. The summed E-state index contributed by atoms with van der Waals surface area (Å²) in [5.41, 5.74) is 2.92. The number of hydrogen-bond acceptors (Lipinski definition) is 5. The Balaban J connectivity index is 2.14. The van der Waals surface area contributed by atoms with Crippen LogP contribution in [-0.2, 0) is 14.9 Å². The van der Waals surface area contributed by atoms with Crippen LogP contribution in [0.1, 0.15) is 10.4 Å². The second-order valence-electron chi connectivity index (χ2n) is 3.75. The summed E-state index contributed by atoms with van der Waals surface area (Å²) in [4.78, 5) is 16.0. The number of hydrogen-bond donors (Lipinski definition) is 2. The van der Waals surface area contributed by atoms with E-state index >= 15 is 0 Å². The van der Waals surface area contributed by atoms with Crippen molar-refractivity contribution >= 4 is 33.0 Å². The molecule has 0 bridgehead atoms. The van der Waals surface area contributed by atoms with Crippen LogP contribution in [0.3, 0.4) is 0 Å². The first kappa shape index (κ1) is 14.5. The summed E-state index contributed by atoms with van der Waals surface area (Å²) < 4.78 is 26.6. The largest absolute Gasteiger partial charge is 0.279 e. The molecule has 0 fully saturated rings. The molecule has 106 valence electrons. The molecule has 0 radical (unpaired) electrons. The van der Waals surface area contributed by atoms with E-state index in [1.807, 2.05) is 0 Å². The highest BCUT2D eigenvalue weighted by Crippen LogP contribution is 2.20. The van der Waals surface area contributed by atoms with Gasteiger partial charge >= 0.3 is 0 Å². The lowest BCUT2D eigenvalue weighted by molar-refractivity contribution is 0.0537. The first-order valence-electron chi connectivity index (χ1n) is 5.52. The minimum atomic E-state index is -3.57. The van der Waals surface area contributed by atoms with E-state index in [-0.39, 0.29) is 4.21 Å². The summed E-state index contributed by atoms with van der Waals surface area (Å²) in [6.45, 7) is 0. The predicted octanol–water partition coefficient (Wildman–Crippen LogP) is 1.84. The van der Waals surface area contributed by atoms with Gasteiger partial charge in [-0.15, -0.1) is 11.3 Å². The summed E-state index contributed by atoms with van der Waals surface area (Å²) in [7, 11) is -2.24. The van der Waals surface area contributed by atoms with Gasteiger partial charge in [0.15, 0.2) is 0 Å². The monoisotopic (exact) mass is 312 g/mol. The van der Waals surface area contributed by atoms with Crippen molar-refractivity contribution in [1.29, 1.82) is 0 Å². The average molecular weight is 312 g/mol. The Morgan fingerprint density at radius 1 is 1.20 bits per heavy atom. The molecule has 2 rings (SSSR count). The topological polar surface area (TPSA) is 84.5 Å². The van der Waals surface area contributed by atoms with E-state index < -0.39 is 15.9 Å². The quantitative estimate of drug-likeness (QED) is 0.825. The number of thiophene rings is 1. The molecule has 0 aliphatic rings. The van der Waals surface area contributed by atoms with E-state index in [0.717, 1.165) is 11.3 Å². The molecule has 0 aliphatic carbocycles. The van der Waals surface area contributed by atoms with Crippen LogP contribution in [-0.4, -0.2) is 21.4 Å². The minimum absolute atomic E-state index is 0.235. The Kier molecular flexibility index (Phi) is 4.38. The van der Waals surface area contributed by atoms with E-state index in [9.17, 15) is 13.2 Å². The molecule has 0 spiro atoms. The number of carbonyl (C=O) groups is 1. The van der Waals surface area contributed by atoms with Crippen molar-refractivity contribution in [2.24, 2.45) is 0 Å². The van der Waals surface area contributed by atoms with Crippen LogP contribution < -0.4 is 10.2 Å². The van der Waals surface area contributed by atoms with Crippen molar-refractivity contribution in [3.63, 3.8) is 0 Å². The van der Waals surface area contributed by atoms with Crippen molar-refractivity contribution in [2.45, 2.75) is 4.21 Å². The Morgan fingerprint density at radius 3 is 2.45 bits per heavy atom. The van der Waals surface area contributed by atoms with Crippen LogP contribution in [0.2, 0.25) is 0 Å². The smallest absolute Gasteiger partial charge is 0.274 e. The summed E-state index contributed by atoms with van der Waals surface area (Å²) in [5.74, 6) is -0.403. The summed E-state index contributed by atoms with van der Waals surface area (Å²) in [6, 6.07) is 9.21. The van der Waals surface area contributed by atoms with Gasteiger partial charge in [-0.25, -0.2) is 13.9 Å². The molecule has 0 saturated carbocycles. The fraction of sp³-hybridized carbons (Fsp3) is 0.0833. The number of anilines is 1. The Bertz CT molecular complexity index is 679. The third-order valence-electron chi connectivity index (χ3n) is 2.35. The first-order valence-corrected chi connectivity index (χ1v) is 7.89. The molecule has 2 N–H and O–H groups in total. The predicted molar refractivity (Wildman–Crippen MR) is 76.0 cm³/mol. The number of sulfonamides is 1. The van der Waals surface area contributed by atoms with Gasteiger partial charge in [-0.1, -0.05) is 6.07 Å². The van der Waals surface area contributed by atoms with Crippen molar-refractivity contribution < 1.29 is 18.0 Å². The SMILES string of the molecule is CONC(=O)c1ccc(NS(=O)(=O)c2cccs2)cc1. The van der Waals surface area contributed by atoms with Gasteiger partial charge in [0.1, 0.15) is 4.21 Å². The van der Waals surface area contributed by atoms with Crippen LogP contribution in [0, 0.1) is 0 Å². The molecule has 0 saturated heterocycles. The first-order chi connectivity index (χ1) is 9.53. The number of amides is 1. The lowest BCUT2D eigenvalue weighted by Gasteiger charge is -2.07. The van der Waals surface area contributed by atoms with Crippen molar-refractivity contribution in [3.05, 3.63) is 47.3 Å². The van der Waals surface area contributed by atoms with Crippen LogP contribution in [0.5, 0.6) is 0 Å². The summed E-state index contributed by atoms with van der Waals surface area (Å²) >= 11 is 1.13. The van der Waals surface area contributed by atoms with Gasteiger partial charge in [0.25, 0.3) is 15.9 Å². The highest BCUT2D eigenvalue weighted by Gasteiger charge is 2.15. The van der Waals surface area contributed by atoms with Crippen LogP contribution in [0.25, 0.3) is 0 Å². The summed E-state index contributed by atoms with van der Waals surface area (Å²) in [5, 5.41) is 1.69. The second kappa shape index (κ2) is 6.04. The van der Waals surface area contributed by atoms with E-state index in [2.05, 4.69) is 15.0 Å². The Hall–Kier alpha value is -1.90. The van der Waals surface area contributed by atoms with E-state index in [1.54, 1.807) is 11.4 Å². The number of nitrogens with one attached hydrogen (secondary N) is 2. The Morgan fingerprint density at radius 2 is 1.90 bits per heavy atom. The molecule has 1 aromatic heterocycles. The van der Waals surface area contributed by atoms with E-state index in [1.165, 1.54) is 37.4 Å². The molecule has 0 aliphatic heterocycles. The Labute approximate surface area is 120 Å². The highest BCUT2D eigenvalue weighted by molar-refractivity contribution is 7.94. The molecular weight excluding hydrogens is 300 g/mol. The van der Waals surface area contributed by atoms with Gasteiger partial charge in [-0.2, -0.15) is 0 Å². The van der Waals surface area contributed by atoms with Gasteiger partial charge < -0.3 is 0 Å². The average Bonchev–Trinajstić information content (AvgIpc) is 2.94. The van der Waals surface area contributed by atoms with E-state index in [0.29, 0.717) is 11.3 Å². The molecule has 20 heavy (non-hydrogen) atoms. The van der Waals surface area contributed by atoms with Crippen LogP contribution in [0.4, 0.5) is 5.69 Å². The molecule has 2 aromatic rings. The standard InChI is InChI=1S/C12H12N2O4S2/c1-18-13-12(15)9-4-6-10(7-5-9)14-20(16,17)11-3-2-8-19-11/h2-8,14H,1H3,(H,13,15). The second-order valence-corrected chi connectivity index (χ2v) is 6.61. The van der Waals surface area contributed by atoms with Crippen molar-refractivity contribution in [2.75, 3.05) is 11.8 Å². The molecule has 1 amide bonds. The molecule has 6 nitrogen and oxygen atoms in total. The van der Waals surface area contributed by atoms with Gasteiger partial charge in [0.2, 0.25) is 0 Å². The maximum atomic E-state index is 12.0. The maximum absolute atomic E-state index is 12.0.